The molecule has 0 aromatic carbocycles. The number of hydrogen-bond acceptors (Lipinski definition) is 9. The van der Waals surface area contributed by atoms with Gasteiger partial charge in [-0.05, 0) is 38.0 Å². The molecule has 0 aliphatic carbocycles. The molecule has 10 heteroatoms. The van der Waals surface area contributed by atoms with Crippen LogP contribution in [0.1, 0.15) is 26.5 Å². The number of amides is 1. The van der Waals surface area contributed by atoms with Crippen LogP contribution in [0.25, 0.3) is 0 Å². The Kier molecular flexibility index (Phi) is 8.05. The minimum Gasteiger partial charge on any atom is -0.478 e. The fourth-order valence-corrected chi connectivity index (χ4v) is 3.55. The fraction of sp³-hybridized carbons (Fsp3) is 0.522. The quantitative estimate of drug-likeness (QED) is 0.455. The number of nitrogens with one attached hydrogen (secondary N) is 1. The fourth-order valence-electron chi connectivity index (χ4n) is 3.55. The Balaban J connectivity index is 1.83. The molecular formula is C23H28N2O8. The lowest BCUT2D eigenvalue weighted by Crippen LogP contribution is -2.60. The third-order valence-electron chi connectivity index (χ3n) is 5.02. The third kappa shape index (κ3) is 6.52. The van der Waals surface area contributed by atoms with E-state index in [0.717, 1.165) is 0 Å². The largest absolute Gasteiger partial charge is 0.478 e. The summed E-state index contributed by atoms with van der Waals surface area (Å²) in [6.07, 6.45) is -0.892. The van der Waals surface area contributed by atoms with Crippen LogP contribution in [-0.4, -0.2) is 78.5 Å². The summed E-state index contributed by atoms with van der Waals surface area (Å²) in [7, 11) is 1.21. The van der Waals surface area contributed by atoms with E-state index < -0.39 is 42.2 Å². The van der Waals surface area contributed by atoms with Gasteiger partial charge in [0, 0.05) is 13.1 Å². The first-order valence-electron chi connectivity index (χ1n) is 10.5. The van der Waals surface area contributed by atoms with Gasteiger partial charge in [0.2, 0.25) is 11.7 Å². The highest BCUT2D eigenvalue weighted by molar-refractivity contribution is 5.86. The molecule has 1 amide bonds. The van der Waals surface area contributed by atoms with E-state index in [4.69, 9.17) is 23.7 Å². The number of methoxy groups -OCH3 is 1. The van der Waals surface area contributed by atoms with Gasteiger partial charge in [0.05, 0.1) is 19.8 Å². The molecule has 1 fully saturated rings. The number of esters is 1. The first kappa shape index (κ1) is 24.7. The van der Waals surface area contributed by atoms with Crippen molar-refractivity contribution in [1.82, 2.24) is 10.3 Å². The summed E-state index contributed by atoms with van der Waals surface area (Å²) in [5.41, 5.74) is 0.576. The van der Waals surface area contributed by atoms with Crippen LogP contribution in [0.3, 0.4) is 0 Å². The van der Waals surface area contributed by atoms with Crippen molar-refractivity contribution in [2.45, 2.75) is 57.0 Å². The SMILES string of the molecule is COC(=O)C1=C[C@H](OCC#Cc2ccccn2)[C@@H](NC(C)=O)[C@H]([C@H](O)[C@H]2COC(C)(C)O2)O1. The summed E-state index contributed by atoms with van der Waals surface area (Å²) in [5, 5.41) is 13.8. The Morgan fingerprint density at radius 1 is 1.39 bits per heavy atom. The van der Waals surface area contributed by atoms with Crippen molar-refractivity contribution < 1.29 is 38.4 Å². The van der Waals surface area contributed by atoms with Crippen molar-refractivity contribution in [3.8, 4) is 11.8 Å². The highest BCUT2D eigenvalue weighted by atomic mass is 16.7. The number of carbonyl (C=O) groups is 2. The molecule has 0 bridgehead atoms. The molecule has 178 valence electrons. The average Bonchev–Trinajstić information content (AvgIpc) is 3.16. The smallest absolute Gasteiger partial charge is 0.373 e. The van der Waals surface area contributed by atoms with Gasteiger partial charge in [0.1, 0.15) is 30.6 Å². The monoisotopic (exact) mass is 460 g/mol. The van der Waals surface area contributed by atoms with Crippen LogP contribution in [0.2, 0.25) is 0 Å². The van der Waals surface area contributed by atoms with E-state index in [1.165, 1.54) is 20.1 Å². The molecule has 0 saturated carbocycles. The number of ether oxygens (including phenoxy) is 5. The molecule has 2 aliphatic rings. The Morgan fingerprint density at radius 3 is 2.79 bits per heavy atom. The zero-order valence-electron chi connectivity index (χ0n) is 18.9. The summed E-state index contributed by atoms with van der Waals surface area (Å²) < 4.78 is 27.7. The molecule has 1 aromatic heterocycles. The Bertz CT molecular complexity index is 937. The average molecular weight is 460 g/mol. The van der Waals surface area contributed by atoms with Crippen molar-refractivity contribution in [2.24, 2.45) is 0 Å². The van der Waals surface area contributed by atoms with Gasteiger partial charge in [0.25, 0.3) is 0 Å². The molecule has 2 aliphatic heterocycles. The van der Waals surface area contributed by atoms with E-state index in [9.17, 15) is 14.7 Å². The summed E-state index contributed by atoms with van der Waals surface area (Å²) in [5.74, 6) is 3.57. The normalized spacial score (nSPS) is 26.8. The van der Waals surface area contributed by atoms with Crippen LogP contribution in [-0.2, 0) is 33.3 Å². The highest BCUT2D eigenvalue weighted by Gasteiger charge is 2.48. The van der Waals surface area contributed by atoms with E-state index in [1.54, 1.807) is 32.2 Å². The standard InChI is InChI=1S/C23H28N2O8/c1-14(26)25-19-16(30-11-7-9-15-8-5-6-10-24-15)12-17(22(28)29-4)32-21(19)20(27)18-13-31-23(2,3)33-18/h5-6,8,10,12,16,18-21,27H,11,13H2,1-4H3,(H,25,26)/t16-,18+,19+,20+,21+/m0/s1. The van der Waals surface area contributed by atoms with E-state index in [-0.39, 0.29) is 24.9 Å². The number of hydrogen-bond donors (Lipinski definition) is 2. The van der Waals surface area contributed by atoms with Crippen LogP contribution in [0.15, 0.2) is 36.2 Å². The van der Waals surface area contributed by atoms with Gasteiger partial charge in [-0.1, -0.05) is 12.0 Å². The minimum atomic E-state index is -1.25. The predicted octanol–water partition coefficient (Wildman–Crippen LogP) is 0.291. The molecule has 0 unspecified atom stereocenters. The zero-order valence-corrected chi connectivity index (χ0v) is 18.9. The number of pyridine rings is 1. The summed E-state index contributed by atoms with van der Waals surface area (Å²) in [6, 6.07) is 4.52. The molecule has 3 heterocycles. The van der Waals surface area contributed by atoms with Crippen molar-refractivity contribution in [2.75, 3.05) is 20.3 Å². The lowest BCUT2D eigenvalue weighted by atomic mass is 9.93. The lowest BCUT2D eigenvalue weighted by molar-refractivity contribution is -0.173. The maximum Gasteiger partial charge on any atom is 0.373 e. The van der Waals surface area contributed by atoms with Crippen LogP contribution >= 0.6 is 0 Å². The van der Waals surface area contributed by atoms with Crippen molar-refractivity contribution in [1.29, 1.82) is 0 Å². The second-order valence-corrected chi connectivity index (χ2v) is 7.98. The second kappa shape index (κ2) is 10.8. The lowest BCUT2D eigenvalue weighted by Gasteiger charge is -2.39. The van der Waals surface area contributed by atoms with Crippen molar-refractivity contribution >= 4 is 11.9 Å². The highest BCUT2D eigenvalue weighted by Crippen LogP contribution is 2.30. The van der Waals surface area contributed by atoms with Crippen molar-refractivity contribution in [3.63, 3.8) is 0 Å². The minimum absolute atomic E-state index is 0.0266. The Labute approximate surface area is 192 Å². The van der Waals surface area contributed by atoms with E-state index >= 15 is 0 Å². The number of rotatable bonds is 6. The van der Waals surface area contributed by atoms with Gasteiger partial charge < -0.3 is 34.1 Å². The molecule has 3 rings (SSSR count). The molecule has 1 aromatic rings. The van der Waals surface area contributed by atoms with Crippen molar-refractivity contribution in [3.05, 3.63) is 41.9 Å². The van der Waals surface area contributed by atoms with Crippen LogP contribution < -0.4 is 5.32 Å². The topological polar surface area (TPSA) is 125 Å². The van der Waals surface area contributed by atoms with Gasteiger partial charge in [0.15, 0.2) is 11.9 Å². The summed E-state index contributed by atoms with van der Waals surface area (Å²) in [6.45, 7) is 4.86. The van der Waals surface area contributed by atoms with Crippen LogP contribution in [0, 0.1) is 11.8 Å². The molecule has 10 nitrogen and oxygen atoms in total. The van der Waals surface area contributed by atoms with Crippen LogP contribution in [0.4, 0.5) is 0 Å². The van der Waals surface area contributed by atoms with Gasteiger partial charge >= 0.3 is 5.97 Å². The van der Waals surface area contributed by atoms with Gasteiger partial charge in [-0.25, -0.2) is 9.78 Å². The third-order valence-corrected chi connectivity index (χ3v) is 5.02. The number of nitrogens with zero attached hydrogens (tertiary/aromatic N) is 1. The van der Waals surface area contributed by atoms with E-state index in [0.29, 0.717) is 5.69 Å². The molecular weight excluding hydrogens is 432 g/mol. The van der Waals surface area contributed by atoms with E-state index in [2.05, 4.69) is 22.1 Å². The molecule has 33 heavy (non-hydrogen) atoms. The first-order valence-corrected chi connectivity index (χ1v) is 10.5. The van der Waals surface area contributed by atoms with Gasteiger partial charge in [-0.3, -0.25) is 4.79 Å². The first-order chi connectivity index (χ1) is 15.7. The molecule has 0 radical (unpaired) electrons. The van der Waals surface area contributed by atoms with E-state index in [1.807, 2.05) is 6.07 Å². The Hall–Kier alpha value is -2.97. The maximum absolute atomic E-state index is 12.2. The number of carbonyl (C=O) groups excluding carboxylic acids is 2. The number of aromatic nitrogens is 1. The summed E-state index contributed by atoms with van der Waals surface area (Å²) in [4.78, 5) is 28.3. The maximum atomic E-state index is 12.2. The summed E-state index contributed by atoms with van der Waals surface area (Å²) >= 11 is 0. The number of aliphatic hydroxyl groups excluding tert-OH is 1. The number of aliphatic hydroxyl groups is 1. The molecule has 1 saturated heterocycles. The molecule has 2 N–H and O–H groups in total. The molecule has 0 spiro atoms. The van der Waals surface area contributed by atoms with Crippen LogP contribution in [0.5, 0.6) is 0 Å². The van der Waals surface area contributed by atoms with Gasteiger partial charge in [-0.15, -0.1) is 0 Å². The Morgan fingerprint density at radius 2 is 2.18 bits per heavy atom. The predicted molar refractivity (Wildman–Crippen MR) is 114 cm³/mol. The van der Waals surface area contributed by atoms with Gasteiger partial charge in [-0.2, -0.15) is 0 Å². The zero-order chi connectivity index (χ0) is 24.0. The molecule has 5 atom stereocenters. The second-order valence-electron chi connectivity index (χ2n) is 7.98.